The smallest absolute Gasteiger partial charge is 0.317 e. The van der Waals surface area contributed by atoms with E-state index in [-0.39, 0.29) is 24.3 Å². The third kappa shape index (κ3) is 7.73. The fourth-order valence-electron chi connectivity index (χ4n) is 4.82. The van der Waals surface area contributed by atoms with Crippen LogP contribution < -0.4 is 11.1 Å². The first-order valence-electron chi connectivity index (χ1n) is 12.2. The van der Waals surface area contributed by atoms with Crippen molar-refractivity contribution < 1.29 is 19.0 Å². The topological polar surface area (TPSA) is 86.1 Å². The Labute approximate surface area is 193 Å². The average Bonchev–Trinajstić information content (AvgIpc) is 2.85. The number of nitrogens with one attached hydrogen (secondary N) is 1. The van der Waals surface area contributed by atoms with Crippen LogP contribution in [0.3, 0.4) is 0 Å². The van der Waals surface area contributed by atoms with Gasteiger partial charge in [-0.05, 0) is 24.3 Å². The molecular formula is C25H41N3O4. The van der Waals surface area contributed by atoms with Gasteiger partial charge in [-0.15, -0.1) is 0 Å². The predicted octanol–water partition coefficient (Wildman–Crippen LogP) is 3.49. The molecule has 7 heteroatoms. The van der Waals surface area contributed by atoms with Crippen LogP contribution >= 0.6 is 0 Å². The number of hydrogen-bond acceptors (Lipinski definition) is 5. The van der Waals surface area contributed by atoms with Gasteiger partial charge in [0.1, 0.15) is 12.2 Å². The third-order valence-electron chi connectivity index (χ3n) is 6.59. The Morgan fingerprint density at radius 1 is 1.22 bits per heavy atom. The minimum atomic E-state index is -0.226. The molecule has 1 aliphatic heterocycles. The molecule has 2 fully saturated rings. The van der Waals surface area contributed by atoms with Crippen molar-refractivity contribution in [2.75, 3.05) is 46.6 Å². The number of methoxy groups -OCH3 is 1. The van der Waals surface area contributed by atoms with Gasteiger partial charge < -0.3 is 30.2 Å². The second-order valence-electron chi connectivity index (χ2n) is 9.03. The van der Waals surface area contributed by atoms with Gasteiger partial charge in [0.05, 0.1) is 13.2 Å². The average molecular weight is 448 g/mol. The molecule has 3 rings (SSSR count). The molecule has 180 valence electrons. The van der Waals surface area contributed by atoms with E-state index < -0.39 is 0 Å². The van der Waals surface area contributed by atoms with E-state index in [1.54, 1.807) is 7.11 Å². The van der Waals surface area contributed by atoms with E-state index >= 15 is 0 Å². The van der Waals surface area contributed by atoms with Crippen LogP contribution in [0.25, 0.3) is 0 Å². The summed E-state index contributed by atoms with van der Waals surface area (Å²) in [6, 6.07) is 10.1. The molecule has 3 atom stereocenters. The van der Waals surface area contributed by atoms with E-state index in [0.717, 1.165) is 18.4 Å². The van der Waals surface area contributed by atoms with E-state index in [0.29, 0.717) is 45.4 Å². The molecule has 32 heavy (non-hydrogen) atoms. The summed E-state index contributed by atoms with van der Waals surface area (Å²) in [4.78, 5) is 14.9. The highest BCUT2D eigenvalue weighted by Crippen LogP contribution is 2.28. The molecule has 1 aromatic rings. The van der Waals surface area contributed by atoms with Gasteiger partial charge in [0.2, 0.25) is 0 Å². The number of nitrogens with two attached hydrogens (primary N) is 1. The molecule has 2 amide bonds. The lowest BCUT2D eigenvalue weighted by Crippen LogP contribution is -2.54. The van der Waals surface area contributed by atoms with E-state index in [4.69, 9.17) is 19.9 Å². The van der Waals surface area contributed by atoms with E-state index in [1.807, 2.05) is 23.1 Å². The lowest BCUT2D eigenvalue weighted by atomic mass is 9.85. The molecule has 1 aliphatic carbocycles. The highest BCUT2D eigenvalue weighted by Gasteiger charge is 2.33. The van der Waals surface area contributed by atoms with Crippen LogP contribution in [0.5, 0.6) is 0 Å². The van der Waals surface area contributed by atoms with Crippen LogP contribution in [-0.4, -0.2) is 69.6 Å². The summed E-state index contributed by atoms with van der Waals surface area (Å²) in [5, 5.41) is 3.19. The number of nitrogens with zero attached hydrogens (tertiary/aromatic N) is 1. The van der Waals surface area contributed by atoms with Crippen molar-refractivity contribution in [1.29, 1.82) is 0 Å². The van der Waals surface area contributed by atoms with E-state index in [2.05, 4.69) is 17.4 Å². The van der Waals surface area contributed by atoms with Gasteiger partial charge in [0, 0.05) is 39.5 Å². The number of urea groups is 1. The molecule has 0 bridgehead atoms. The molecular weight excluding hydrogens is 406 g/mol. The molecule has 0 spiro atoms. The van der Waals surface area contributed by atoms with Gasteiger partial charge in [0.25, 0.3) is 0 Å². The monoisotopic (exact) mass is 447 g/mol. The first-order valence-corrected chi connectivity index (χ1v) is 12.2. The molecule has 3 N–H and O–H groups in total. The molecule has 7 nitrogen and oxygen atoms in total. The highest BCUT2D eigenvalue weighted by molar-refractivity contribution is 5.74. The maximum absolute atomic E-state index is 13.1. The maximum Gasteiger partial charge on any atom is 0.317 e. The number of amides is 2. The lowest BCUT2D eigenvalue weighted by Gasteiger charge is -2.38. The number of carbonyl (C=O) groups is 1. The van der Waals surface area contributed by atoms with Gasteiger partial charge in [-0.3, -0.25) is 0 Å². The number of benzene rings is 1. The Kier molecular flexibility index (Phi) is 10.8. The van der Waals surface area contributed by atoms with Crippen molar-refractivity contribution in [3.05, 3.63) is 35.9 Å². The molecule has 1 heterocycles. The molecule has 1 saturated heterocycles. The molecule has 0 radical (unpaired) electrons. The zero-order chi connectivity index (χ0) is 22.6. The van der Waals surface area contributed by atoms with Gasteiger partial charge >= 0.3 is 6.03 Å². The van der Waals surface area contributed by atoms with Crippen LogP contribution in [0.1, 0.15) is 56.6 Å². The summed E-state index contributed by atoms with van der Waals surface area (Å²) >= 11 is 0. The lowest BCUT2D eigenvalue weighted by molar-refractivity contribution is -0.107. The number of morpholine rings is 1. The van der Waals surface area contributed by atoms with E-state index in [1.165, 1.54) is 32.1 Å². The van der Waals surface area contributed by atoms with Crippen molar-refractivity contribution in [2.45, 2.75) is 63.2 Å². The summed E-state index contributed by atoms with van der Waals surface area (Å²) in [6.07, 6.45) is 7.79. The predicted molar refractivity (Wildman–Crippen MR) is 126 cm³/mol. The second-order valence-corrected chi connectivity index (χ2v) is 9.03. The fourth-order valence-corrected chi connectivity index (χ4v) is 4.82. The first kappa shape index (κ1) is 25.0. The highest BCUT2D eigenvalue weighted by atomic mass is 16.5. The Balaban J connectivity index is 1.57. The number of carbonyl (C=O) groups excluding carboxylic acids is 1. The number of rotatable bonds is 11. The zero-order valence-electron chi connectivity index (χ0n) is 19.5. The van der Waals surface area contributed by atoms with Crippen LogP contribution in [0.2, 0.25) is 0 Å². The SMILES string of the molecule is COCCCO[C@@H](c1ccccc1)[C@H]1CN(C(=O)N[C@H](CN)CC2CCCCC2)CCO1. The summed E-state index contributed by atoms with van der Waals surface area (Å²) in [6.45, 7) is 3.29. The van der Waals surface area contributed by atoms with E-state index in [9.17, 15) is 4.79 Å². The third-order valence-corrected chi connectivity index (χ3v) is 6.59. The molecule has 0 unspecified atom stereocenters. The van der Waals surface area contributed by atoms with Crippen LogP contribution in [0.15, 0.2) is 30.3 Å². The molecule has 1 aromatic carbocycles. The summed E-state index contributed by atoms with van der Waals surface area (Å²) in [5.41, 5.74) is 7.07. The van der Waals surface area contributed by atoms with Crippen molar-refractivity contribution in [1.82, 2.24) is 10.2 Å². The summed E-state index contributed by atoms with van der Waals surface area (Å²) < 4.78 is 17.4. The van der Waals surface area contributed by atoms with Crippen molar-refractivity contribution in [3.63, 3.8) is 0 Å². The van der Waals surface area contributed by atoms with Gasteiger partial charge in [-0.25, -0.2) is 4.79 Å². The van der Waals surface area contributed by atoms with Crippen LogP contribution in [0, 0.1) is 5.92 Å². The Morgan fingerprint density at radius 3 is 2.72 bits per heavy atom. The van der Waals surface area contributed by atoms with Gasteiger partial charge in [-0.2, -0.15) is 0 Å². The van der Waals surface area contributed by atoms with Gasteiger partial charge in [-0.1, -0.05) is 62.4 Å². The Hall–Kier alpha value is -1.67. The molecule has 1 saturated carbocycles. The molecule has 2 aliphatic rings. The minimum Gasteiger partial charge on any atom is -0.385 e. The largest absolute Gasteiger partial charge is 0.385 e. The minimum absolute atomic E-state index is 0.0297. The van der Waals surface area contributed by atoms with Crippen molar-refractivity contribution in [2.24, 2.45) is 11.7 Å². The molecule has 0 aromatic heterocycles. The Morgan fingerprint density at radius 2 is 2.00 bits per heavy atom. The normalized spacial score (nSPS) is 21.8. The maximum atomic E-state index is 13.1. The fraction of sp³-hybridized carbons (Fsp3) is 0.720. The summed E-state index contributed by atoms with van der Waals surface area (Å²) in [5.74, 6) is 0.679. The quantitative estimate of drug-likeness (QED) is 0.507. The number of hydrogen-bond donors (Lipinski definition) is 2. The Bertz CT molecular complexity index is 654. The summed E-state index contributed by atoms with van der Waals surface area (Å²) in [7, 11) is 1.69. The van der Waals surface area contributed by atoms with Crippen molar-refractivity contribution >= 4 is 6.03 Å². The van der Waals surface area contributed by atoms with Crippen LogP contribution in [0.4, 0.5) is 4.79 Å². The van der Waals surface area contributed by atoms with Crippen LogP contribution in [-0.2, 0) is 14.2 Å². The first-order chi connectivity index (χ1) is 15.7. The van der Waals surface area contributed by atoms with Gasteiger partial charge in [0.15, 0.2) is 0 Å². The number of ether oxygens (including phenoxy) is 3. The second kappa shape index (κ2) is 13.8. The zero-order valence-corrected chi connectivity index (χ0v) is 19.5. The standard InChI is InChI=1S/C25H41N3O4/c1-30-14-8-15-32-24(21-11-6-3-7-12-21)23-19-28(13-16-31-23)25(29)27-22(18-26)17-20-9-4-2-5-10-20/h3,6-7,11-12,20,22-24H,2,4-5,8-10,13-19,26H2,1H3,(H,27,29)/t22-,23+,24-/m0/s1. The van der Waals surface area contributed by atoms with Crippen molar-refractivity contribution in [3.8, 4) is 0 Å².